The molecule has 0 aliphatic carbocycles. The van der Waals surface area contributed by atoms with E-state index in [1.54, 1.807) is 0 Å². The third-order valence-electron chi connectivity index (χ3n) is 3.03. The monoisotopic (exact) mass is 273 g/mol. The number of carbonyl (C=O) groups excluding carboxylic acids is 2. The molecule has 108 valence electrons. The molecule has 1 atom stereocenters. The van der Waals surface area contributed by atoms with Crippen molar-refractivity contribution in [1.82, 2.24) is 9.80 Å². The number of likely N-dealkylation sites (tertiary alicyclic amines) is 1. The quantitative estimate of drug-likeness (QED) is 0.582. The van der Waals surface area contributed by atoms with E-state index < -0.39 is 31.0 Å². The summed E-state index contributed by atoms with van der Waals surface area (Å²) in [4.78, 5) is 36.1. The van der Waals surface area contributed by atoms with Crippen LogP contribution in [0.4, 0.5) is 4.79 Å². The summed E-state index contributed by atoms with van der Waals surface area (Å²) in [6.45, 7) is -0.766. The van der Waals surface area contributed by atoms with Crippen molar-refractivity contribution < 1.29 is 24.6 Å². The number of carboxylic acids is 1. The van der Waals surface area contributed by atoms with Crippen molar-refractivity contribution in [3.63, 3.8) is 0 Å². The molecular weight excluding hydrogens is 254 g/mol. The van der Waals surface area contributed by atoms with E-state index >= 15 is 0 Å². The van der Waals surface area contributed by atoms with Crippen molar-refractivity contribution in [3.8, 4) is 0 Å². The Hall–Kier alpha value is -1.83. The number of nitrogens with zero attached hydrogens (tertiary/aromatic N) is 2. The molecule has 1 fully saturated rings. The molecule has 1 heterocycles. The van der Waals surface area contributed by atoms with E-state index in [4.69, 9.17) is 10.8 Å². The minimum absolute atomic E-state index is 0.177. The normalized spacial score (nSPS) is 19.0. The lowest BCUT2D eigenvalue weighted by Crippen LogP contribution is -2.54. The van der Waals surface area contributed by atoms with Gasteiger partial charge >= 0.3 is 12.0 Å². The number of aliphatic carboxylic acids is 1. The fourth-order valence-electron chi connectivity index (χ4n) is 2.17. The minimum atomic E-state index is -1.22. The van der Waals surface area contributed by atoms with Gasteiger partial charge in [0.1, 0.15) is 13.1 Å². The average molecular weight is 273 g/mol. The molecule has 19 heavy (non-hydrogen) atoms. The first-order valence-electron chi connectivity index (χ1n) is 6.12. The Morgan fingerprint density at radius 2 is 1.95 bits per heavy atom. The zero-order chi connectivity index (χ0) is 14.4. The summed E-state index contributed by atoms with van der Waals surface area (Å²) in [7, 11) is 0. The van der Waals surface area contributed by atoms with Crippen LogP contribution in [0.2, 0.25) is 0 Å². The summed E-state index contributed by atoms with van der Waals surface area (Å²) in [5.74, 6) is -1.99. The largest absolute Gasteiger partial charge is 0.480 e. The van der Waals surface area contributed by atoms with Crippen molar-refractivity contribution >= 4 is 17.9 Å². The number of rotatable bonds is 5. The Morgan fingerprint density at radius 1 is 1.26 bits per heavy atom. The SMILES string of the molecule is NC(=O)CN(CC(=O)O)C(=O)N1CCCCC1CO. The van der Waals surface area contributed by atoms with Crippen molar-refractivity contribution in [2.24, 2.45) is 5.73 Å². The van der Waals surface area contributed by atoms with Crippen LogP contribution < -0.4 is 5.73 Å². The highest BCUT2D eigenvalue weighted by molar-refractivity contribution is 5.86. The number of nitrogens with two attached hydrogens (primary N) is 1. The van der Waals surface area contributed by atoms with Gasteiger partial charge in [-0.15, -0.1) is 0 Å². The van der Waals surface area contributed by atoms with E-state index in [9.17, 15) is 19.5 Å². The maximum atomic E-state index is 12.2. The number of carboxylic acid groups (broad SMARTS) is 1. The van der Waals surface area contributed by atoms with Gasteiger partial charge in [0.15, 0.2) is 0 Å². The van der Waals surface area contributed by atoms with Crippen LogP contribution in [0.25, 0.3) is 0 Å². The topological polar surface area (TPSA) is 124 Å². The van der Waals surface area contributed by atoms with E-state index in [-0.39, 0.29) is 12.6 Å². The highest BCUT2D eigenvalue weighted by Gasteiger charge is 2.30. The van der Waals surface area contributed by atoms with Crippen LogP contribution in [-0.4, -0.2) is 70.2 Å². The summed E-state index contributed by atoms with van der Waals surface area (Å²) in [6.07, 6.45) is 2.36. The van der Waals surface area contributed by atoms with Crippen LogP contribution in [0, 0.1) is 0 Å². The molecule has 3 amide bonds. The number of carbonyl (C=O) groups is 3. The van der Waals surface area contributed by atoms with Gasteiger partial charge in [-0.1, -0.05) is 0 Å². The van der Waals surface area contributed by atoms with Gasteiger partial charge in [-0.25, -0.2) is 4.79 Å². The number of aliphatic hydroxyl groups excluding tert-OH is 1. The second-order valence-corrected chi connectivity index (χ2v) is 4.52. The second kappa shape index (κ2) is 6.93. The lowest BCUT2D eigenvalue weighted by atomic mass is 10.0. The zero-order valence-electron chi connectivity index (χ0n) is 10.6. The molecule has 1 rings (SSSR count). The standard InChI is InChI=1S/C11H19N3O5/c12-9(16)5-13(6-10(17)18)11(19)14-4-2-1-3-8(14)7-15/h8,15H,1-7H2,(H2,12,16)(H,17,18). The van der Waals surface area contributed by atoms with Gasteiger partial charge in [0.2, 0.25) is 5.91 Å². The third kappa shape index (κ3) is 4.40. The molecule has 0 bridgehead atoms. The first-order valence-corrected chi connectivity index (χ1v) is 6.12. The number of hydrogen-bond acceptors (Lipinski definition) is 4. The summed E-state index contributed by atoms with van der Waals surface area (Å²) in [5.41, 5.74) is 5.01. The van der Waals surface area contributed by atoms with Crippen LogP contribution in [0.3, 0.4) is 0 Å². The molecule has 1 unspecified atom stereocenters. The summed E-state index contributed by atoms with van der Waals surface area (Å²) >= 11 is 0. The Morgan fingerprint density at radius 3 is 2.47 bits per heavy atom. The Balaban J connectivity index is 2.78. The Labute approximate surface area is 110 Å². The molecule has 4 N–H and O–H groups in total. The van der Waals surface area contributed by atoms with Crippen LogP contribution in [0.1, 0.15) is 19.3 Å². The molecule has 8 nitrogen and oxygen atoms in total. The maximum absolute atomic E-state index is 12.2. The first-order chi connectivity index (χ1) is 8.95. The van der Waals surface area contributed by atoms with Gasteiger partial charge in [-0.05, 0) is 19.3 Å². The summed E-state index contributed by atoms with van der Waals surface area (Å²) in [5, 5.41) is 18.0. The molecule has 1 saturated heterocycles. The van der Waals surface area contributed by atoms with E-state index in [0.29, 0.717) is 13.0 Å². The number of primary amides is 1. The first kappa shape index (κ1) is 15.2. The molecule has 0 aromatic carbocycles. The van der Waals surface area contributed by atoms with Gasteiger partial charge in [0.25, 0.3) is 0 Å². The van der Waals surface area contributed by atoms with E-state index in [0.717, 1.165) is 17.7 Å². The molecule has 0 spiro atoms. The molecular formula is C11H19N3O5. The number of amides is 3. The van der Waals surface area contributed by atoms with E-state index in [2.05, 4.69) is 0 Å². The van der Waals surface area contributed by atoms with Crippen LogP contribution in [-0.2, 0) is 9.59 Å². The van der Waals surface area contributed by atoms with Crippen LogP contribution in [0.5, 0.6) is 0 Å². The van der Waals surface area contributed by atoms with Crippen molar-refractivity contribution in [1.29, 1.82) is 0 Å². The van der Waals surface area contributed by atoms with Crippen molar-refractivity contribution in [2.45, 2.75) is 25.3 Å². The van der Waals surface area contributed by atoms with Gasteiger partial charge in [0, 0.05) is 6.54 Å². The minimum Gasteiger partial charge on any atom is -0.480 e. The number of hydrogen-bond donors (Lipinski definition) is 3. The van der Waals surface area contributed by atoms with Gasteiger partial charge in [-0.3, -0.25) is 9.59 Å². The fourth-order valence-corrected chi connectivity index (χ4v) is 2.17. The fraction of sp³-hybridized carbons (Fsp3) is 0.727. The van der Waals surface area contributed by atoms with Gasteiger partial charge in [-0.2, -0.15) is 0 Å². The number of piperidine rings is 1. The highest BCUT2D eigenvalue weighted by Crippen LogP contribution is 2.18. The smallest absolute Gasteiger partial charge is 0.323 e. The average Bonchev–Trinajstić information content (AvgIpc) is 2.36. The Kier molecular flexibility index (Phi) is 5.56. The molecule has 0 radical (unpaired) electrons. The maximum Gasteiger partial charge on any atom is 0.323 e. The Bertz CT molecular complexity index is 344. The van der Waals surface area contributed by atoms with Crippen molar-refractivity contribution in [2.75, 3.05) is 26.2 Å². The van der Waals surface area contributed by atoms with E-state index in [1.165, 1.54) is 4.90 Å². The van der Waals surface area contributed by atoms with Crippen LogP contribution >= 0.6 is 0 Å². The molecule has 0 aromatic rings. The predicted octanol–water partition coefficient (Wildman–Crippen LogP) is -1.17. The zero-order valence-corrected chi connectivity index (χ0v) is 10.6. The number of urea groups is 1. The lowest BCUT2D eigenvalue weighted by molar-refractivity contribution is -0.138. The third-order valence-corrected chi connectivity index (χ3v) is 3.03. The second-order valence-electron chi connectivity index (χ2n) is 4.52. The molecule has 0 saturated carbocycles. The molecule has 0 aromatic heterocycles. The lowest BCUT2D eigenvalue weighted by Gasteiger charge is -2.37. The molecule has 1 aliphatic heterocycles. The molecule has 1 aliphatic rings. The summed E-state index contributed by atoms with van der Waals surface area (Å²) < 4.78 is 0. The summed E-state index contributed by atoms with van der Waals surface area (Å²) in [6, 6.07) is -0.898. The molecule has 8 heteroatoms. The van der Waals surface area contributed by atoms with Crippen LogP contribution in [0.15, 0.2) is 0 Å². The van der Waals surface area contributed by atoms with Crippen molar-refractivity contribution in [3.05, 3.63) is 0 Å². The van der Waals surface area contributed by atoms with E-state index in [1.807, 2.05) is 0 Å². The van der Waals surface area contributed by atoms with Gasteiger partial charge in [0.05, 0.1) is 12.6 Å². The number of aliphatic hydroxyl groups is 1. The van der Waals surface area contributed by atoms with Gasteiger partial charge < -0.3 is 25.7 Å². The predicted molar refractivity (Wildman–Crippen MR) is 65.2 cm³/mol. The highest BCUT2D eigenvalue weighted by atomic mass is 16.4.